The highest BCUT2D eigenvalue weighted by atomic mass is 16.5. The quantitative estimate of drug-likeness (QED) is 0.668. The molecule has 98 valence electrons. The van der Waals surface area contributed by atoms with Crippen molar-refractivity contribution in [1.82, 2.24) is 9.55 Å². The van der Waals surface area contributed by atoms with E-state index < -0.39 is 0 Å². The molecule has 1 unspecified atom stereocenters. The molecule has 0 aliphatic carbocycles. The Balaban J connectivity index is 2.29. The molecule has 5 heteroatoms. The maximum absolute atomic E-state index is 9.02. The first-order valence-corrected chi connectivity index (χ1v) is 6.13. The van der Waals surface area contributed by atoms with Crippen LogP contribution >= 0.6 is 0 Å². The minimum absolute atomic E-state index is 0.0534. The van der Waals surface area contributed by atoms with Crippen molar-refractivity contribution in [2.24, 2.45) is 5.73 Å². The topological polar surface area (TPSA) is 73.3 Å². The minimum atomic E-state index is -0.343. The lowest BCUT2D eigenvalue weighted by Crippen LogP contribution is -2.18. The van der Waals surface area contributed by atoms with Crippen molar-refractivity contribution in [2.45, 2.75) is 45.4 Å². The highest BCUT2D eigenvalue weighted by Gasteiger charge is 2.09. The highest BCUT2D eigenvalue weighted by molar-refractivity contribution is 5.04. The molecule has 1 atom stereocenters. The molecular weight excluding hydrogens is 218 g/mol. The number of ether oxygens (including phenoxy) is 1. The summed E-state index contributed by atoms with van der Waals surface area (Å²) in [6.45, 7) is 5.67. The molecule has 0 aliphatic heterocycles. The minimum Gasteiger partial charge on any atom is -0.394 e. The monoisotopic (exact) mass is 241 g/mol. The number of unbranched alkanes of at least 4 members (excludes halogenated alkanes) is 1. The third-order valence-electron chi connectivity index (χ3n) is 2.57. The van der Waals surface area contributed by atoms with Crippen molar-refractivity contribution in [3.05, 3.63) is 18.2 Å². The van der Waals surface area contributed by atoms with Gasteiger partial charge in [0.1, 0.15) is 0 Å². The lowest BCUT2D eigenvalue weighted by molar-refractivity contribution is 0.0754. The zero-order chi connectivity index (χ0) is 12.7. The van der Waals surface area contributed by atoms with Crippen LogP contribution in [0.5, 0.6) is 0 Å². The van der Waals surface area contributed by atoms with Crippen molar-refractivity contribution in [3.63, 3.8) is 0 Å². The van der Waals surface area contributed by atoms with Crippen LogP contribution < -0.4 is 5.73 Å². The van der Waals surface area contributed by atoms with E-state index in [4.69, 9.17) is 15.6 Å². The van der Waals surface area contributed by atoms with Crippen molar-refractivity contribution in [2.75, 3.05) is 13.2 Å². The molecule has 5 nitrogen and oxygen atoms in total. The Morgan fingerprint density at radius 1 is 1.47 bits per heavy atom. The van der Waals surface area contributed by atoms with Gasteiger partial charge in [-0.2, -0.15) is 0 Å². The van der Waals surface area contributed by atoms with Gasteiger partial charge in [-0.15, -0.1) is 0 Å². The molecule has 0 saturated heterocycles. The van der Waals surface area contributed by atoms with Gasteiger partial charge in [0, 0.05) is 19.3 Å². The Morgan fingerprint density at radius 3 is 2.88 bits per heavy atom. The van der Waals surface area contributed by atoms with Gasteiger partial charge in [-0.1, -0.05) is 0 Å². The third-order valence-corrected chi connectivity index (χ3v) is 2.57. The van der Waals surface area contributed by atoms with E-state index >= 15 is 0 Å². The first-order valence-electron chi connectivity index (χ1n) is 6.13. The summed E-state index contributed by atoms with van der Waals surface area (Å²) >= 11 is 0. The summed E-state index contributed by atoms with van der Waals surface area (Å²) in [5.41, 5.74) is 6.66. The normalized spacial score (nSPS) is 13.2. The number of nitrogens with zero attached hydrogens (tertiary/aromatic N) is 2. The lowest BCUT2D eigenvalue weighted by Gasteiger charge is -2.12. The number of aliphatic hydroxyl groups is 1. The molecule has 3 N–H and O–H groups in total. The highest BCUT2D eigenvalue weighted by Crippen LogP contribution is 2.10. The van der Waals surface area contributed by atoms with E-state index in [1.54, 1.807) is 12.5 Å². The van der Waals surface area contributed by atoms with Crippen LogP contribution in [0.1, 0.15) is 38.4 Å². The van der Waals surface area contributed by atoms with Gasteiger partial charge >= 0.3 is 0 Å². The van der Waals surface area contributed by atoms with E-state index in [0.717, 1.165) is 31.7 Å². The number of hydrogen-bond donors (Lipinski definition) is 2. The number of nitrogens with two attached hydrogens (primary N) is 1. The Morgan fingerprint density at radius 2 is 2.24 bits per heavy atom. The molecule has 0 saturated carbocycles. The molecule has 0 radical (unpaired) electrons. The number of aliphatic hydroxyl groups excluding tert-OH is 1. The van der Waals surface area contributed by atoms with Gasteiger partial charge in [0.2, 0.25) is 0 Å². The van der Waals surface area contributed by atoms with Crippen LogP contribution in [0.3, 0.4) is 0 Å². The Bertz CT molecular complexity index is 312. The van der Waals surface area contributed by atoms with Gasteiger partial charge in [0.15, 0.2) is 0 Å². The van der Waals surface area contributed by atoms with Gasteiger partial charge in [-0.3, -0.25) is 0 Å². The second-order valence-corrected chi connectivity index (χ2v) is 4.43. The molecule has 0 spiro atoms. The summed E-state index contributed by atoms with van der Waals surface area (Å²) in [7, 11) is 0. The molecule has 17 heavy (non-hydrogen) atoms. The summed E-state index contributed by atoms with van der Waals surface area (Å²) in [5, 5.41) is 9.02. The molecule has 0 aliphatic rings. The predicted molar refractivity (Wildman–Crippen MR) is 66.6 cm³/mol. The molecule has 1 aromatic heterocycles. The zero-order valence-electron chi connectivity index (χ0n) is 10.7. The average molecular weight is 241 g/mol. The second-order valence-electron chi connectivity index (χ2n) is 4.43. The molecule has 0 aromatic carbocycles. The van der Waals surface area contributed by atoms with Crippen LogP contribution in [-0.4, -0.2) is 34.0 Å². The van der Waals surface area contributed by atoms with Gasteiger partial charge in [0.25, 0.3) is 0 Å². The molecule has 1 aromatic rings. The first kappa shape index (κ1) is 14.2. The lowest BCUT2D eigenvalue weighted by atomic mass is 10.2. The van der Waals surface area contributed by atoms with Crippen molar-refractivity contribution < 1.29 is 9.84 Å². The van der Waals surface area contributed by atoms with Gasteiger partial charge in [0.05, 0.1) is 30.8 Å². The summed E-state index contributed by atoms with van der Waals surface area (Å²) in [5.74, 6) is 0. The summed E-state index contributed by atoms with van der Waals surface area (Å²) < 4.78 is 7.47. The maximum Gasteiger partial charge on any atom is 0.0948 e. The van der Waals surface area contributed by atoms with E-state index in [-0.39, 0.29) is 12.6 Å². The van der Waals surface area contributed by atoms with E-state index in [2.05, 4.69) is 4.98 Å². The predicted octanol–water partition coefficient (Wildman–Crippen LogP) is 1.08. The Kier molecular flexibility index (Phi) is 6.18. The zero-order valence-corrected chi connectivity index (χ0v) is 10.7. The number of aromatic nitrogens is 2. The Labute approximate surface area is 103 Å². The van der Waals surface area contributed by atoms with Crippen LogP contribution in [-0.2, 0) is 11.3 Å². The number of imidazole rings is 1. The summed E-state index contributed by atoms with van der Waals surface area (Å²) in [4.78, 5) is 4.06. The second kappa shape index (κ2) is 7.42. The fourth-order valence-electron chi connectivity index (χ4n) is 1.62. The van der Waals surface area contributed by atoms with Gasteiger partial charge in [-0.25, -0.2) is 4.98 Å². The summed E-state index contributed by atoms with van der Waals surface area (Å²) in [6.07, 6.45) is 5.81. The van der Waals surface area contributed by atoms with Crippen LogP contribution in [0, 0.1) is 0 Å². The molecule has 0 amide bonds. The van der Waals surface area contributed by atoms with Crippen molar-refractivity contribution >= 4 is 0 Å². The SMILES string of the molecule is CC(C)OCCCCn1cncc1C(N)CO. The number of rotatable bonds is 8. The number of aryl methyl sites for hydroxylation is 1. The van der Waals surface area contributed by atoms with Crippen LogP contribution in [0.2, 0.25) is 0 Å². The van der Waals surface area contributed by atoms with Crippen molar-refractivity contribution in [1.29, 1.82) is 0 Å². The average Bonchev–Trinajstić information content (AvgIpc) is 2.75. The number of hydrogen-bond acceptors (Lipinski definition) is 4. The van der Waals surface area contributed by atoms with E-state index in [1.165, 1.54) is 0 Å². The molecule has 0 fully saturated rings. The fraction of sp³-hybridized carbons (Fsp3) is 0.750. The van der Waals surface area contributed by atoms with E-state index in [1.807, 2.05) is 18.4 Å². The summed E-state index contributed by atoms with van der Waals surface area (Å²) in [6, 6.07) is -0.343. The standard InChI is InChI=1S/C12H23N3O2/c1-10(2)17-6-4-3-5-15-9-14-7-12(15)11(13)8-16/h7,9-11,16H,3-6,8,13H2,1-2H3. The Hall–Kier alpha value is -0.910. The fourth-order valence-corrected chi connectivity index (χ4v) is 1.62. The van der Waals surface area contributed by atoms with E-state index in [0.29, 0.717) is 6.10 Å². The smallest absolute Gasteiger partial charge is 0.0948 e. The van der Waals surface area contributed by atoms with Crippen LogP contribution in [0.25, 0.3) is 0 Å². The molecule has 1 heterocycles. The first-order chi connectivity index (χ1) is 8.15. The van der Waals surface area contributed by atoms with Crippen LogP contribution in [0.15, 0.2) is 12.5 Å². The van der Waals surface area contributed by atoms with Crippen molar-refractivity contribution in [3.8, 4) is 0 Å². The molecular formula is C12H23N3O2. The maximum atomic E-state index is 9.02. The van der Waals surface area contributed by atoms with Gasteiger partial charge < -0.3 is 20.1 Å². The largest absolute Gasteiger partial charge is 0.394 e. The van der Waals surface area contributed by atoms with Gasteiger partial charge in [-0.05, 0) is 26.7 Å². The third kappa shape index (κ3) is 4.85. The molecule has 1 rings (SSSR count). The van der Waals surface area contributed by atoms with E-state index in [9.17, 15) is 0 Å². The van der Waals surface area contributed by atoms with Crippen LogP contribution in [0.4, 0.5) is 0 Å². The molecule has 0 bridgehead atoms.